The largest absolute Gasteiger partial charge is 0.438 e. The first-order valence-electron chi connectivity index (χ1n) is 11.3. The molecule has 2 aromatic carbocycles. The van der Waals surface area contributed by atoms with Gasteiger partial charge in [0.15, 0.2) is 0 Å². The number of hydrogen-bond donors (Lipinski definition) is 2. The first-order chi connectivity index (χ1) is 16.0. The highest BCUT2D eigenvalue weighted by Crippen LogP contribution is 2.28. The maximum atomic E-state index is 13.4. The average Bonchev–Trinajstić information content (AvgIpc) is 2.82. The van der Waals surface area contributed by atoms with Gasteiger partial charge in [-0.15, -0.1) is 0 Å². The van der Waals surface area contributed by atoms with Gasteiger partial charge in [-0.3, -0.25) is 9.69 Å². The third kappa shape index (κ3) is 5.94. The van der Waals surface area contributed by atoms with Crippen LogP contribution in [0, 0.1) is 5.82 Å². The van der Waals surface area contributed by atoms with Crippen LogP contribution in [0.3, 0.4) is 0 Å². The smallest absolute Gasteiger partial charge is 0.254 e. The van der Waals surface area contributed by atoms with Crippen molar-refractivity contribution in [2.75, 3.05) is 26.2 Å². The van der Waals surface area contributed by atoms with E-state index in [1.807, 2.05) is 18.2 Å². The molecule has 1 amide bonds. The van der Waals surface area contributed by atoms with Crippen LogP contribution in [-0.4, -0.2) is 48.0 Å². The number of hydrogen-bond acceptors (Lipinski definition) is 5. The van der Waals surface area contributed by atoms with Gasteiger partial charge in [0.05, 0.1) is 6.20 Å². The van der Waals surface area contributed by atoms with Gasteiger partial charge in [0, 0.05) is 25.7 Å². The summed E-state index contributed by atoms with van der Waals surface area (Å²) in [6.07, 6.45) is 3.18. The van der Waals surface area contributed by atoms with E-state index in [-0.39, 0.29) is 11.4 Å². The molecule has 3 aromatic rings. The molecule has 2 heterocycles. The van der Waals surface area contributed by atoms with E-state index in [1.54, 1.807) is 6.07 Å². The van der Waals surface area contributed by atoms with Crippen molar-refractivity contribution in [3.05, 3.63) is 77.7 Å². The van der Waals surface area contributed by atoms with E-state index < -0.39 is 11.7 Å². The molecular weight excluding hydrogens is 419 g/mol. The molecule has 33 heavy (non-hydrogen) atoms. The van der Waals surface area contributed by atoms with Crippen LogP contribution < -0.4 is 15.8 Å². The second kappa shape index (κ2) is 10.6. The molecule has 1 aliphatic heterocycles. The Morgan fingerprint density at radius 3 is 2.79 bits per heavy atom. The van der Waals surface area contributed by atoms with Crippen LogP contribution in [0.4, 0.5) is 4.39 Å². The van der Waals surface area contributed by atoms with Crippen LogP contribution >= 0.6 is 0 Å². The Kier molecular flexibility index (Phi) is 7.32. The zero-order valence-electron chi connectivity index (χ0n) is 18.8. The van der Waals surface area contributed by atoms with E-state index in [2.05, 4.69) is 46.4 Å². The molecule has 0 bridgehead atoms. The molecule has 0 unspecified atom stereocenters. The summed E-state index contributed by atoms with van der Waals surface area (Å²) < 4.78 is 19.2. The van der Waals surface area contributed by atoms with Gasteiger partial charge in [0.25, 0.3) is 5.91 Å². The molecule has 6 nitrogen and oxygen atoms in total. The van der Waals surface area contributed by atoms with E-state index in [1.165, 1.54) is 5.56 Å². The summed E-state index contributed by atoms with van der Waals surface area (Å²) >= 11 is 0. The standard InChI is InChI=1S/C26H29FN4O2/c1-18-16-29-11-13-31(18)12-3-4-19-7-9-20(10-8-19)21-5-2-6-23(14-21)33-26-24(25(28)32)15-22(27)17-30-26/h2,5-10,14-15,17-18,29H,3-4,11-13,16H2,1H3,(H2,28,32)/t18-/m1/s1. The van der Waals surface area contributed by atoms with Gasteiger partial charge in [-0.2, -0.15) is 0 Å². The normalized spacial score (nSPS) is 16.5. The molecule has 1 saturated heterocycles. The molecule has 0 radical (unpaired) electrons. The molecule has 0 spiro atoms. The van der Waals surface area contributed by atoms with E-state index >= 15 is 0 Å². The number of primary amides is 1. The predicted molar refractivity (Wildman–Crippen MR) is 127 cm³/mol. The molecule has 4 rings (SSSR count). The lowest BCUT2D eigenvalue weighted by atomic mass is 10.0. The highest BCUT2D eigenvalue weighted by atomic mass is 19.1. The molecule has 1 aliphatic rings. The first kappa shape index (κ1) is 22.9. The molecule has 7 heteroatoms. The van der Waals surface area contributed by atoms with Gasteiger partial charge in [-0.05, 0) is 61.2 Å². The molecule has 3 N–H and O–H groups in total. The summed E-state index contributed by atoms with van der Waals surface area (Å²) in [6, 6.07) is 17.6. The Balaban J connectivity index is 1.40. The van der Waals surface area contributed by atoms with E-state index in [0.717, 1.165) is 62.4 Å². The SMILES string of the molecule is C[C@@H]1CNCCN1CCCc1ccc(-c2cccc(Oc3ncc(F)cc3C(N)=O)c2)cc1. The van der Waals surface area contributed by atoms with Crippen molar-refractivity contribution in [1.82, 2.24) is 15.2 Å². The number of ether oxygens (including phenoxy) is 1. The van der Waals surface area contributed by atoms with Crippen molar-refractivity contribution in [2.45, 2.75) is 25.8 Å². The van der Waals surface area contributed by atoms with Crippen molar-refractivity contribution in [2.24, 2.45) is 5.73 Å². The fraction of sp³-hybridized carbons (Fsp3) is 0.308. The van der Waals surface area contributed by atoms with Gasteiger partial charge in [-0.25, -0.2) is 9.37 Å². The molecule has 0 saturated carbocycles. The summed E-state index contributed by atoms with van der Waals surface area (Å²) in [5, 5.41) is 3.43. The lowest BCUT2D eigenvalue weighted by Gasteiger charge is -2.33. The maximum Gasteiger partial charge on any atom is 0.254 e. The minimum atomic E-state index is -0.796. The summed E-state index contributed by atoms with van der Waals surface area (Å²) in [5.74, 6) is -0.971. The second-order valence-electron chi connectivity index (χ2n) is 8.39. The zero-order chi connectivity index (χ0) is 23.2. The van der Waals surface area contributed by atoms with Gasteiger partial charge in [-0.1, -0.05) is 36.4 Å². The lowest BCUT2D eigenvalue weighted by Crippen LogP contribution is -2.49. The van der Waals surface area contributed by atoms with Crippen LogP contribution in [0.25, 0.3) is 11.1 Å². The number of nitrogens with two attached hydrogens (primary N) is 1. The Morgan fingerprint density at radius 1 is 1.21 bits per heavy atom. The lowest BCUT2D eigenvalue weighted by molar-refractivity contribution is 0.0997. The minimum absolute atomic E-state index is 0.0183. The van der Waals surface area contributed by atoms with Gasteiger partial charge >= 0.3 is 0 Å². The van der Waals surface area contributed by atoms with Gasteiger partial charge in [0.2, 0.25) is 5.88 Å². The summed E-state index contributed by atoms with van der Waals surface area (Å²) in [5.41, 5.74) is 8.57. The number of aryl methyl sites for hydroxylation is 1. The van der Waals surface area contributed by atoms with Crippen molar-refractivity contribution >= 4 is 5.91 Å². The summed E-state index contributed by atoms with van der Waals surface area (Å²) in [4.78, 5) is 18.0. The topological polar surface area (TPSA) is 80.5 Å². The van der Waals surface area contributed by atoms with Crippen LogP contribution in [0.5, 0.6) is 11.6 Å². The molecule has 1 atom stereocenters. The van der Waals surface area contributed by atoms with E-state index in [0.29, 0.717) is 11.8 Å². The summed E-state index contributed by atoms with van der Waals surface area (Å²) in [7, 11) is 0. The number of nitrogens with one attached hydrogen (secondary N) is 1. The molecule has 1 fully saturated rings. The Labute approximate surface area is 193 Å². The van der Waals surface area contributed by atoms with Gasteiger partial charge in [0.1, 0.15) is 17.1 Å². The number of piperazine rings is 1. The highest BCUT2D eigenvalue weighted by molar-refractivity contribution is 5.95. The number of benzene rings is 2. The number of amides is 1. The fourth-order valence-corrected chi connectivity index (χ4v) is 4.10. The number of halogens is 1. The van der Waals surface area contributed by atoms with E-state index in [9.17, 15) is 9.18 Å². The Bertz CT molecular complexity index is 1100. The van der Waals surface area contributed by atoms with Crippen molar-refractivity contribution in [1.29, 1.82) is 0 Å². The molecular formula is C26H29FN4O2. The quantitative estimate of drug-likeness (QED) is 0.544. The molecule has 0 aliphatic carbocycles. The van der Waals surface area contributed by atoms with Crippen LogP contribution in [0.1, 0.15) is 29.3 Å². The monoisotopic (exact) mass is 448 g/mol. The Morgan fingerprint density at radius 2 is 2.03 bits per heavy atom. The van der Waals surface area contributed by atoms with Crippen molar-refractivity contribution in [3.8, 4) is 22.8 Å². The number of carbonyl (C=O) groups excluding carboxylic acids is 1. The van der Waals surface area contributed by atoms with Crippen molar-refractivity contribution in [3.63, 3.8) is 0 Å². The van der Waals surface area contributed by atoms with Crippen LogP contribution in [0.15, 0.2) is 60.8 Å². The third-order valence-electron chi connectivity index (χ3n) is 5.97. The van der Waals surface area contributed by atoms with Gasteiger partial charge < -0.3 is 15.8 Å². The van der Waals surface area contributed by atoms with Crippen LogP contribution in [0.2, 0.25) is 0 Å². The second-order valence-corrected chi connectivity index (χ2v) is 8.39. The number of pyridine rings is 1. The average molecular weight is 449 g/mol. The van der Waals surface area contributed by atoms with E-state index in [4.69, 9.17) is 10.5 Å². The fourth-order valence-electron chi connectivity index (χ4n) is 4.10. The minimum Gasteiger partial charge on any atom is -0.438 e. The Hall–Kier alpha value is -3.29. The number of aromatic nitrogens is 1. The number of nitrogens with zero attached hydrogens (tertiary/aromatic N) is 2. The third-order valence-corrected chi connectivity index (χ3v) is 5.97. The number of carbonyl (C=O) groups is 1. The number of rotatable bonds is 8. The molecule has 1 aromatic heterocycles. The highest BCUT2D eigenvalue weighted by Gasteiger charge is 2.17. The van der Waals surface area contributed by atoms with Crippen LogP contribution in [-0.2, 0) is 6.42 Å². The maximum absolute atomic E-state index is 13.4. The first-order valence-corrected chi connectivity index (χ1v) is 11.3. The zero-order valence-corrected chi connectivity index (χ0v) is 18.8. The summed E-state index contributed by atoms with van der Waals surface area (Å²) in [6.45, 7) is 6.66. The predicted octanol–water partition coefficient (Wildman–Crippen LogP) is 4.01. The molecule has 172 valence electrons. The van der Waals surface area contributed by atoms with Crippen molar-refractivity contribution < 1.29 is 13.9 Å².